The van der Waals surface area contributed by atoms with Crippen LogP contribution in [0.15, 0.2) is 5.70 Å². The smallest absolute Gasteiger partial charge is 0.145 e. The second-order valence-corrected chi connectivity index (χ2v) is 8.82. The molecule has 4 aliphatic rings. The molecule has 1 aliphatic heterocycles. The molecule has 3 aliphatic carbocycles. The summed E-state index contributed by atoms with van der Waals surface area (Å²) in [6.07, 6.45) is 12.0. The van der Waals surface area contributed by atoms with E-state index in [1.165, 1.54) is 51.4 Å². The minimum absolute atomic E-state index is 0.410. The van der Waals surface area contributed by atoms with Gasteiger partial charge < -0.3 is 5.32 Å². The zero-order valence-electron chi connectivity index (χ0n) is 13.6. The van der Waals surface area contributed by atoms with Crippen LogP contribution in [0.3, 0.4) is 0 Å². The van der Waals surface area contributed by atoms with Gasteiger partial charge in [-0.1, -0.05) is 20.3 Å². The van der Waals surface area contributed by atoms with Crippen molar-refractivity contribution in [2.75, 3.05) is 0 Å². The number of fused-ring (bicyclic) bond motifs is 5. The largest absolute Gasteiger partial charge is 0.376 e. The van der Waals surface area contributed by atoms with Crippen LogP contribution in [0.2, 0.25) is 0 Å². The number of hydrogen-bond acceptors (Lipinski definition) is 2. The molecule has 0 aromatic carbocycles. The van der Waals surface area contributed by atoms with Gasteiger partial charge in [0.15, 0.2) is 0 Å². The number of rotatable bonds is 0. The van der Waals surface area contributed by atoms with Crippen LogP contribution in [-0.2, 0) is 4.79 Å². The van der Waals surface area contributed by atoms with Gasteiger partial charge >= 0.3 is 0 Å². The van der Waals surface area contributed by atoms with Gasteiger partial charge in [-0.2, -0.15) is 0 Å². The average molecular weight is 287 g/mol. The van der Waals surface area contributed by atoms with Crippen LogP contribution in [0, 0.1) is 28.6 Å². The lowest BCUT2D eigenvalue weighted by Crippen LogP contribution is -2.58. The molecule has 0 aromatic rings. The van der Waals surface area contributed by atoms with Crippen molar-refractivity contribution in [1.82, 2.24) is 5.32 Å². The Morgan fingerprint density at radius 1 is 1.05 bits per heavy atom. The quantitative estimate of drug-likeness (QED) is 0.680. The van der Waals surface area contributed by atoms with Crippen molar-refractivity contribution in [3.8, 4) is 0 Å². The zero-order valence-corrected chi connectivity index (χ0v) is 13.6. The first kappa shape index (κ1) is 13.9. The Kier molecular flexibility index (Phi) is 3.05. The lowest BCUT2D eigenvalue weighted by Gasteiger charge is -2.60. The molecule has 6 atom stereocenters. The van der Waals surface area contributed by atoms with Gasteiger partial charge in [0, 0.05) is 6.04 Å². The molecular formula is C19H29NO. The highest BCUT2D eigenvalue weighted by atomic mass is 16.1. The summed E-state index contributed by atoms with van der Waals surface area (Å²) in [6.45, 7) is 5.09. The van der Waals surface area contributed by atoms with Crippen LogP contribution in [0.4, 0.5) is 0 Å². The van der Waals surface area contributed by atoms with E-state index in [0.29, 0.717) is 16.9 Å². The van der Waals surface area contributed by atoms with E-state index in [9.17, 15) is 4.79 Å². The molecule has 2 nitrogen and oxygen atoms in total. The predicted octanol–water partition coefficient (Wildman–Crippen LogP) is 4.09. The van der Waals surface area contributed by atoms with E-state index in [2.05, 4.69) is 25.1 Å². The fraction of sp³-hybridized carbons (Fsp3) is 0.895. The summed E-state index contributed by atoms with van der Waals surface area (Å²) in [7, 11) is 0. The summed E-state index contributed by atoms with van der Waals surface area (Å²) in [5, 5.41) is 3.54. The third-order valence-electron chi connectivity index (χ3n) is 8.04. The highest BCUT2D eigenvalue weighted by Crippen LogP contribution is 2.64. The number of allylic oxidation sites excluding steroid dienone is 1. The molecule has 4 fully saturated rings. The molecule has 1 N–H and O–H groups in total. The third kappa shape index (κ3) is 1.88. The maximum absolute atomic E-state index is 11.0. The number of hydrogen-bond donors (Lipinski definition) is 1. The van der Waals surface area contributed by atoms with E-state index in [-0.39, 0.29) is 0 Å². The van der Waals surface area contributed by atoms with Crippen LogP contribution < -0.4 is 5.32 Å². The van der Waals surface area contributed by atoms with Gasteiger partial charge in [0.25, 0.3) is 0 Å². The Morgan fingerprint density at radius 2 is 1.90 bits per heavy atom. The van der Waals surface area contributed by atoms with Crippen molar-refractivity contribution in [3.05, 3.63) is 5.70 Å². The van der Waals surface area contributed by atoms with Crippen molar-refractivity contribution in [1.29, 1.82) is 0 Å². The summed E-state index contributed by atoms with van der Waals surface area (Å²) in [5.74, 6) is 4.95. The SMILES string of the molecule is C[C@@]12CCC[C@H]1[C@@H]1CC[C@H]3NC(=C=O)CC[C@]3(C)[C@H]1CC2. The normalized spacial score (nSPS) is 52.2. The monoisotopic (exact) mass is 287 g/mol. The van der Waals surface area contributed by atoms with Gasteiger partial charge in [-0.15, -0.1) is 0 Å². The second kappa shape index (κ2) is 4.62. The lowest BCUT2D eigenvalue weighted by atomic mass is 9.48. The minimum atomic E-state index is 0.410. The van der Waals surface area contributed by atoms with Crippen LogP contribution in [-0.4, -0.2) is 12.0 Å². The first-order valence-corrected chi connectivity index (χ1v) is 9.07. The molecule has 21 heavy (non-hydrogen) atoms. The Balaban J connectivity index is 1.63. The summed E-state index contributed by atoms with van der Waals surface area (Å²) in [5.41, 5.74) is 1.89. The zero-order chi connectivity index (χ0) is 14.7. The second-order valence-electron chi connectivity index (χ2n) is 8.82. The van der Waals surface area contributed by atoms with Crippen LogP contribution in [0.1, 0.15) is 71.6 Å². The average Bonchev–Trinajstić information content (AvgIpc) is 2.88. The molecule has 1 heterocycles. The van der Waals surface area contributed by atoms with Crippen molar-refractivity contribution in [2.24, 2.45) is 28.6 Å². The molecule has 0 unspecified atom stereocenters. The number of carbonyl (C=O) groups excluding carboxylic acids is 1. The van der Waals surface area contributed by atoms with E-state index in [4.69, 9.17) is 0 Å². The van der Waals surface area contributed by atoms with E-state index in [0.717, 1.165) is 29.9 Å². The fourth-order valence-corrected chi connectivity index (χ4v) is 6.80. The van der Waals surface area contributed by atoms with Gasteiger partial charge in [0.05, 0.1) is 5.70 Å². The molecular weight excluding hydrogens is 258 g/mol. The molecule has 0 aromatic heterocycles. The number of nitrogens with one attached hydrogen (secondary N) is 1. The van der Waals surface area contributed by atoms with Gasteiger partial charge in [-0.05, 0) is 80.0 Å². The van der Waals surface area contributed by atoms with Crippen LogP contribution >= 0.6 is 0 Å². The van der Waals surface area contributed by atoms with Gasteiger partial charge in [0.2, 0.25) is 0 Å². The summed E-state index contributed by atoms with van der Waals surface area (Å²) < 4.78 is 0. The van der Waals surface area contributed by atoms with Crippen molar-refractivity contribution in [2.45, 2.75) is 77.7 Å². The topological polar surface area (TPSA) is 29.1 Å². The van der Waals surface area contributed by atoms with E-state index in [1.54, 1.807) is 0 Å². The van der Waals surface area contributed by atoms with E-state index in [1.807, 2.05) is 0 Å². The lowest BCUT2D eigenvalue weighted by molar-refractivity contribution is -0.0803. The highest BCUT2D eigenvalue weighted by Gasteiger charge is 2.57. The minimum Gasteiger partial charge on any atom is -0.376 e. The molecule has 0 amide bonds. The third-order valence-corrected chi connectivity index (χ3v) is 8.04. The van der Waals surface area contributed by atoms with Crippen molar-refractivity contribution in [3.63, 3.8) is 0 Å². The maximum atomic E-state index is 11.0. The first-order chi connectivity index (χ1) is 10.1. The molecule has 2 heteroatoms. The van der Waals surface area contributed by atoms with Crippen molar-refractivity contribution < 1.29 is 4.79 Å². The summed E-state index contributed by atoms with van der Waals surface area (Å²) >= 11 is 0. The Morgan fingerprint density at radius 3 is 2.71 bits per heavy atom. The molecule has 0 radical (unpaired) electrons. The first-order valence-electron chi connectivity index (χ1n) is 9.07. The van der Waals surface area contributed by atoms with E-state index < -0.39 is 0 Å². The highest BCUT2D eigenvalue weighted by molar-refractivity contribution is 5.52. The maximum Gasteiger partial charge on any atom is 0.145 e. The van der Waals surface area contributed by atoms with Gasteiger partial charge in [0.1, 0.15) is 5.94 Å². The molecule has 0 bridgehead atoms. The van der Waals surface area contributed by atoms with Crippen LogP contribution in [0.5, 0.6) is 0 Å². The van der Waals surface area contributed by atoms with Crippen molar-refractivity contribution >= 4 is 5.94 Å². The Labute approximate surface area is 128 Å². The standard InChI is InChI=1S/C19H29NO/c1-18-9-3-4-15(18)14-5-6-17-19(2,16(14)8-10-18)11-7-13(12-21)20-17/h14-17,20H,3-11H2,1-2H3/t14-,15-,16-,17+,18-,19+/m0/s1. The van der Waals surface area contributed by atoms with E-state index >= 15 is 0 Å². The molecule has 1 saturated heterocycles. The Bertz CT molecular complexity index is 494. The predicted molar refractivity (Wildman–Crippen MR) is 84.4 cm³/mol. The van der Waals surface area contributed by atoms with Gasteiger partial charge in [-0.25, -0.2) is 4.79 Å². The molecule has 3 saturated carbocycles. The van der Waals surface area contributed by atoms with Gasteiger partial charge in [-0.3, -0.25) is 0 Å². The molecule has 4 rings (SSSR count). The number of piperidine rings is 1. The van der Waals surface area contributed by atoms with Crippen LogP contribution in [0.25, 0.3) is 0 Å². The fourth-order valence-electron chi connectivity index (χ4n) is 6.80. The Hall–Kier alpha value is -0.750. The molecule has 116 valence electrons. The summed E-state index contributed by atoms with van der Waals surface area (Å²) in [4.78, 5) is 11.0. The molecule has 0 spiro atoms. The summed E-state index contributed by atoms with van der Waals surface area (Å²) in [6, 6.07) is 0.523.